The number of Topliss-reactive ketones (excluding diaryl/α,β-unsaturated/α-hetero) is 1. The van der Waals surface area contributed by atoms with E-state index in [2.05, 4.69) is 0 Å². The zero-order chi connectivity index (χ0) is 13.6. The molecule has 0 fully saturated rings. The van der Waals surface area contributed by atoms with E-state index in [1.807, 2.05) is 39.0 Å². The van der Waals surface area contributed by atoms with Crippen LogP contribution in [0.2, 0.25) is 5.02 Å². The van der Waals surface area contributed by atoms with Crippen LogP contribution in [0.25, 0.3) is 0 Å². The summed E-state index contributed by atoms with van der Waals surface area (Å²) in [6, 6.07) is 7.35. The normalized spacial score (nSPS) is 11.3. The summed E-state index contributed by atoms with van der Waals surface area (Å²) >= 11 is 5.85. The average molecular weight is 269 g/mol. The predicted octanol–water partition coefficient (Wildman–Crippen LogP) is 4.50. The number of hydrogen-bond acceptors (Lipinski definition) is 2. The van der Waals surface area contributed by atoms with Crippen molar-refractivity contribution in [2.75, 3.05) is 6.61 Å². The maximum absolute atomic E-state index is 11.7. The highest BCUT2D eigenvalue weighted by molar-refractivity contribution is 6.30. The fourth-order valence-electron chi connectivity index (χ4n) is 1.51. The Labute approximate surface area is 114 Å². The molecule has 0 aliphatic heterocycles. The van der Waals surface area contributed by atoms with Crippen molar-refractivity contribution in [3.05, 3.63) is 29.3 Å². The quantitative estimate of drug-likeness (QED) is 0.710. The Bertz CT molecular complexity index is 394. The number of benzene rings is 1. The Morgan fingerprint density at radius 1 is 1.28 bits per heavy atom. The first kappa shape index (κ1) is 15.0. The van der Waals surface area contributed by atoms with Gasteiger partial charge in [-0.2, -0.15) is 0 Å². The Hall–Kier alpha value is -1.02. The number of unbranched alkanes of at least 4 members (excludes halogenated alkanes) is 1. The zero-order valence-electron chi connectivity index (χ0n) is 11.3. The van der Waals surface area contributed by atoms with Crippen LogP contribution in [-0.2, 0) is 4.79 Å². The van der Waals surface area contributed by atoms with Crippen molar-refractivity contribution in [1.82, 2.24) is 0 Å². The summed E-state index contributed by atoms with van der Waals surface area (Å²) in [5.74, 6) is 1.09. The van der Waals surface area contributed by atoms with Gasteiger partial charge in [0.25, 0.3) is 0 Å². The van der Waals surface area contributed by atoms with Crippen molar-refractivity contribution in [3.8, 4) is 5.75 Å². The van der Waals surface area contributed by atoms with Gasteiger partial charge in [-0.15, -0.1) is 0 Å². The molecule has 0 N–H and O–H groups in total. The van der Waals surface area contributed by atoms with Crippen molar-refractivity contribution < 1.29 is 9.53 Å². The van der Waals surface area contributed by atoms with Gasteiger partial charge in [0.2, 0.25) is 0 Å². The summed E-state index contributed by atoms with van der Waals surface area (Å²) in [6.45, 7) is 6.49. The second-order valence-electron chi connectivity index (χ2n) is 5.44. The highest BCUT2D eigenvalue weighted by Crippen LogP contribution is 2.19. The second kappa shape index (κ2) is 6.79. The van der Waals surface area contributed by atoms with Crippen LogP contribution in [0.1, 0.15) is 40.0 Å². The van der Waals surface area contributed by atoms with Gasteiger partial charge >= 0.3 is 0 Å². The van der Waals surface area contributed by atoms with Gasteiger partial charge < -0.3 is 4.74 Å². The first-order valence-corrected chi connectivity index (χ1v) is 6.69. The Morgan fingerprint density at radius 3 is 2.61 bits per heavy atom. The number of carbonyl (C=O) groups is 1. The molecule has 0 radical (unpaired) electrons. The summed E-state index contributed by atoms with van der Waals surface area (Å²) in [4.78, 5) is 11.7. The van der Waals surface area contributed by atoms with Crippen LogP contribution >= 0.6 is 11.6 Å². The molecule has 0 aliphatic rings. The monoisotopic (exact) mass is 268 g/mol. The van der Waals surface area contributed by atoms with Gasteiger partial charge in [-0.25, -0.2) is 0 Å². The van der Waals surface area contributed by atoms with Gasteiger partial charge in [-0.05, 0) is 31.0 Å². The molecule has 0 spiro atoms. The van der Waals surface area contributed by atoms with Gasteiger partial charge in [0.05, 0.1) is 6.61 Å². The van der Waals surface area contributed by atoms with E-state index in [0.29, 0.717) is 23.8 Å². The van der Waals surface area contributed by atoms with Crippen LogP contribution in [-0.4, -0.2) is 12.4 Å². The fourth-order valence-corrected chi connectivity index (χ4v) is 1.69. The van der Waals surface area contributed by atoms with E-state index >= 15 is 0 Å². The van der Waals surface area contributed by atoms with Gasteiger partial charge in [-0.1, -0.05) is 38.4 Å². The van der Waals surface area contributed by atoms with Crippen molar-refractivity contribution in [2.45, 2.75) is 40.0 Å². The van der Waals surface area contributed by atoms with E-state index in [0.717, 1.165) is 18.6 Å². The van der Waals surface area contributed by atoms with Crippen LogP contribution in [0.5, 0.6) is 5.75 Å². The number of hydrogen-bond donors (Lipinski definition) is 0. The van der Waals surface area contributed by atoms with Crippen molar-refractivity contribution >= 4 is 17.4 Å². The third-order valence-corrected chi connectivity index (χ3v) is 2.93. The van der Waals surface area contributed by atoms with E-state index in [1.165, 1.54) is 0 Å². The van der Waals surface area contributed by atoms with Crippen LogP contribution in [0.15, 0.2) is 24.3 Å². The molecule has 1 aromatic carbocycles. The molecule has 0 unspecified atom stereocenters. The molecule has 0 saturated heterocycles. The lowest BCUT2D eigenvalue weighted by Gasteiger charge is -2.16. The van der Waals surface area contributed by atoms with Crippen molar-refractivity contribution in [3.63, 3.8) is 0 Å². The average Bonchev–Trinajstić information content (AvgIpc) is 2.27. The van der Waals surface area contributed by atoms with Crippen LogP contribution < -0.4 is 4.74 Å². The summed E-state index contributed by atoms with van der Waals surface area (Å²) in [5, 5.41) is 0.676. The van der Waals surface area contributed by atoms with Crippen LogP contribution in [0.4, 0.5) is 0 Å². The molecule has 1 rings (SSSR count). The minimum absolute atomic E-state index is 0.228. The van der Waals surface area contributed by atoms with E-state index in [1.54, 1.807) is 6.07 Å². The van der Waals surface area contributed by atoms with Gasteiger partial charge in [0.15, 0.2) is 0 Å². The van der Waals surface area contributed by atoms with E-state index < -0.39 is 0 Å². The number of ketones is 1. The molecule has 3 heteroatoms. The molecule has 2 nitrogen and oxygen atoms in total. The largest absolute Gasteiger partial charge is 0.494 e. The SMILES string of the molecule is CC(C)(C)C(=O)CCCCOc1cccc(Cl)c1. The molecule has 100 valence electrons. The van der Waals surface area contributed by atoms with E-state index in [-0.39, 0.29) is 5.41 Å². The first-order valence-electron chi connectivity index (χ1n) is 6.31. The number of rotatable bonds is 6. The molecule has 1 aromatic rings. The fraction of sp³-hybridized carbons (Fsp3) is 0.533. The minimum Gasteiger partial charge on any atom is -0.494 e. The maximum Gasteiger partial charge on any atom is 0.138 e. The Balaban J connectivity index is 2.18. The lowest BCUT2D eigenvalue weighted by atomic mass is 9.88. The molecule has 0 saturated carbocycles. The lowest BCUT2D eigenvalue weighted by molar-refractivity contribution is -0.126. The molecule has 0 atom stereocenters. The summed E-state index contributed by atoms with van der Waals surface area (Å²) in [7, 11) is 0. The maximum atomic E-state index is 11.7. The zero-order valence-corrected chi connectivity index (χ0v) is 12.1. The second-order valence-corrected chi connectivity index (χ2v) is 5.87. The van der Waals surface area contributed by atoms with Gasteiger partial charge in [0, 0.05) is 16.9 Å². The Kier molecular flexibility index (Phi) is 5.67. The van der Waals surface area contributed by atoms with Crippen molar-refractivity contribution in [2.24, 2.45) is 5.41 Å². The highest BCUT2D eigenvalue weighted by Gasteiger charge is 2.19. The molecule has 0 amide bonds. The highest BCUT2D eigenvalue weighted by atomic mass is 35.5. The van der Waals surface area contributed by atoms with Crippen LogP contribution in [0.3, 0.4) is 0 Å². The number of carbonyl (C=O) groups excluding carboxylic acids is 1. The molecule has 0 aromatic heterocycles. The van der Waals surface area contributed by atoms with E-state index in [9.17, 15) is 4.79 Å². The standard InChI is InChI=1S/C15H21ClO2/c1-15(2,3)14(17)9-4-5-10-18-13-8-6-7-12(16)11-13/h6-8,11H,4-5,9-10H2,1-3H3. The molecular weight excluding hydrogens is 248 g/mol. The smallest absolute Gasteiger partial charge is 0.138 e. The van der Waals surface area contributed by atoms with Gasteiger partial charge in [0.1, 0.15) is 11.5 Å². The summed E-state index contributed by atoms with van der Waals surface area (Å²) in [5.41, 5.74) is -0.228. The molecule has 0 aliphatic carbocycles. The topological polar surface area (TPSA) is 26.3 Å². The lowest BCUT2D eigenvalue weighted by Crippen LogP contribution is -2.19. The molecule has 0 heterocycles. The van der Waals surface area contributed by atoms with Gasteiger partial charge in [-0.3, -0.25) is 4.79 Å². The molecule has 0 bridgehead atoms. The summed E-state index contributed by atoms with van der Waals surface area (Å²) in [6.07, 6.45) is 2.38. The predicted molar refractivity (Wildman–Crippen MR) is 75.3 cm³/mol. The first-order chi connectivity index (χ1) is 8.39. The number of halogens is 1. The minimum atomic E-state index is -0.228. The van der Waals surface area contributed by atoms with Crippen molar-refractivity contribution in [1.29, 1.82) is 0 Å². The number of ether oxygens (including phenoxy) is 1. The summed E-state index contributed by atoms with van der Waals surface area (Å²) < 4.78 is 5.56. The molecular formula is C15H21ClO2. The third-order valence-electron chi connectivity index (χ3n) is 2.70. The van der Waals surface area contributed by atoms with E-state index in [4.69, 9.17) is 16.3 Å². The third kappa shape index (κ3) is 5.54. The molecule has 18 heavy (non-hydrogen) atoms. The van der Waals surface area contributed by atoms with Crippen LogP contribution in [0, 0.1) is 5.41 Å². The Morgan fingerprint density at radius 2 is 2.00 bits per heavy atom.